The summed E-state index contributed by atoms with van der Waals surface area (Å²) < 4.78 is 31.8. The van der Waals surface area contributed by atoms with Gasteiger partial charge >= 0.3 is 0 Å². The van der Waals surface area contributed by atoms with Crippen LogP contribution in [0.3, 0.4) is 0 Å². The summed E-state index contributed by atoms with van der Waals surface area (Å²) in [6, 6.07) is 3.12. The molecule has 3 N–H and O–H groups in total. The molecular weight excluding hydrogens is 252 g/mol. The first-order chi connectivity index (χ1) is 9.15. The van der Waals surface area contributed by atoms with E-state index in [0.717, 1.165) is 44.1 Å². The van der Waals surface area contributed by atoms with Crippen LogP contribution in [0, 0.1) is 11.6 Å². The molecule has 1 saturated heterocycles. The number of ether oxygens (including phenoxy) is 1. The fraction of sp³-hybridized carbons (Fsp3) is 0.462. The molecule has 0 bridgehead atoms. The first-order valence-electron chi connectivity index (χ1n) is 6.29. The van der Waals surface area contributed by atoms with Crippen LogP contribution in [0.15, 0.2) is 23.2 Å². The smallest absolute Gasteiger partial charge is 0.193 e. The lowest BCUT2D eigenvalue weighted by molar-refractivity contribution is 0.0225. The highest BCUT2D eigenvalue weighted by Gasteiger charge is 2.13. The quantitative estimate of drug-likeness (QED) is 0.653. The van der Waals surface area contributed by atoms with Crippen molar-refractivity contribution < 1.29 is 13.5 Å². The lowest BCUT2D eigenvalue weighted by Gasteiger charge is -2.20. The van der Waals surface area contributed by atoms with Crippen molar-refractivity contribution in [1.82, 2.24) is 0 Å². The van der Waals surface area contributed by atoms with Crippen molar-refractivity contribution in [2.75, 3.05) is 18.5 Å². The summed E-state index contributed by atoms with van der Waals surface area (Å²) in [5.41, 5.74) is 5.61. The highest BCUT2D eigenvalue weighted by atomic mass is 19.1. The van der Waals surface area contributed by atoms with Crippen LogP contribution in [-0.4, -0.2) is 25.2 Å². The topological polar surface area (TPSA) is 59.6 Å². The largest absolute Gasteiger partial charge is 0.376 e. The highest BCUT2D eigenvalue weighted by Crippen LogP contribution is 2.15. The van der Waals surface area contributed by atoms with E-state index in [9.17, 15) is 8.78 Å². The van der Waals surface area contributed by atoms with Gasteiger partial charge in [-0.25, -0.2) is 8.78 Å². The standard InChI is InChI=1S/C13H17F2N3O/c14-9-4-5-11(15)12(7-9)18-13(16)17-8-10-3-1-2-6-19-10/h4-5,7,10H,1-3,6,8H2,(H3,16,17,18). The number of hydrogen-bond acceptors (Lipinski definition) is 2. The number of benzene rings is 1. The maximum atomic E-state index is 13.4. The fourth-order valence-electron chi connectivity index (χ4n) is 1.92. The predicted molar refractivity (Wildman–Crippen MR) is 70.1 cm³/mol. The van der Waals surface area contributed by atoms with E-state index in [1.807, 2.05) is 0 Å². The molecule has 1 heterocycles. The van der Waals surface area contributed by atoms with E-state index in [-0.39, 0.29) is 17.8 Å². The molecular formula is C13H17F2N3O. The van der Waals surface area contributed by atoms with Gasteiger partial charge in [-0.05, 0) is 31.4 Å². The summed E-state index contributed by atoms with van der Waals surface area (Å²) in [5.74, 6) is -1.06. The number of nitrogens with one attached hydrogen (secondary N) is 1. The molecule has 1 aliphatic heterocycles. The molecule has 1 aromatic carbocycles. The SMILES string of the molecule is NC(=NCC1CCCCO1)Nc1cc(F)ccc1F. The van der Waals surface area contributed by atoms with E-state index in [4.69, 9.17) is 10.5 Å². The molecule has 2 rings (SSSR count). The lowest BCUT2D eigenvalue weighted by Crippen LogP contribution is -2.27. The third-order valence-corrected chi connectivity index (χ3v) is 2.93. The van der Waals surface area contributed by atoms with Crippen molar-refractivity contribution in [2.24, 2.45) is 10.7 Å². The Morgan fingerprint density at radius 2 is 2.26 bits per heavy atom. The lowest BCUT2D eigenvalue weighted by atomic mass is 10.1. The fourth-order valence-corrected chi connectivity index (χ4v) is 1.92. The van der Waals surface area contributed by atoms with Crippen LogP contribution in [-0.2, 0) is 4.74 Å². The Balaban J connectivity index is 1.92. The van der Waals surface area contributed by atoms with Crippen LogP contribution in [0.1, 0.15) is 19.3 Å². The van der Waals surface area contributed by atoms with Gasteiger partial charge in [-0.3, -0.25) is 4.99 Å². The molecule has 1 aliphatic rings. The molecule has 0 saturated carbocycles. The minimum absolute atomic E-state index is 0.0224. The van der Waals surface area contributed by atoms with E-state index in [0.29, 0.717) is 6.54 Å². The molecule has 0 radical (unpaired) electrons. The Morgan fingerprint density at radius 1 is 1.42 bits per heavy atom. The molecule has 6 heteroatoms. The molecule has 104 valence electrons. The van der Waals surface area contributed by atoms with Crippen molar-refractivity contribution in [1.29, 1.82) is 0 Å². The van der Waals surface area contributed by atoms with Crippen molar-refractivity contribution >= 4 is 11.6 Å². The average Bonchev–Trinajstić information content (AvgIpc) is 2.42. The van der Waals surface area contributed by atoms with Gasteiger partial charge in [0.05, 0.1) is 18.3 Å². The number of aliphatic imine (C=N–C) groups is 1. The van der Waals surface area contributed by atoms with Crippen molar-refractivity contribution in [3.05, 3.63) is 29.8 Å². The minimum Gasteiger partial charge on any atom is -0.376 e. The van der Waals surface area contributed by atoms with Gasteiger partial charge in [0.25, 0.3) is 0 Å². The second-order valence-corrected chi connectivity index (χ2v) is 4.46. The summed E-state index contributed by atoms with van der Waals surface area (Å²) in [4.78, 5) is 4.08. The minimum atomic E-state index is -0.575. The summed E-state index contributed by atoms with van der Waals surface area (Å²) in [6.45, 7) is 1.17. The summed E-state index contributed by atoms with van der Waals surface area (Å²) in [7, 11) is 0. The first-order valence-corrected chi connectivity index (χ1v) is 6.29. The van der Waals surface area contributed by atoms with Crippen LogP contribution < -0.4 is 11.1 Å². The number of nitrogens with two attached hydrogens (primary N) is 1. The van der Waals surface area contributed by atoms with E-state index in [1.54, 1.807) is 0 Å². The molecule has 1 unspecified atom stereocenters. The molecule has 1 aromatic rings. The van der Waals surface area contributed by atoms with Crippen molar-refractivity contribution in [3.8, 4) is 0 Å². The Hall–Kier alpha value is -1.69. The molecule has 19 heavy (non-hydrogen) atoms. The van der Waals surface area contributed by atoms with Gasteiger partial charge in [-0.15, -0.1) is 0 Å². The molecule has 1 fully saturated rings. The van der Waals surface area contributed by atoms with Gasteiger partial charge in [-0.1, -0.05) is 0 Å². The summed E-state index contributed by atoms with van der Waals surface area (Å²) in [5, 5.41) is 2.55. The normalized spacial score (nSPS) is 20.3. The third-order valence-electron chi connectivity index (χ3n) is 2.93. The van der Waals surface area contributed by atoms with Gasteiger partial charge in [0, 0.05) is 12.7 Å². The molecule has 0 spiro atoms. The Kier molecular flexibility index (Phi) is 4.68. The van der Waals surface area contributed by atoms with Crippen molar-refractivity contribution in [3.63, 3.8) is 0 Å². The third kappa shape index (κ3) is 4.17. The number of anilines is 1. The predicted octanol–water partition coefficient (Wildman–Crippen LogP) is 2.26. The number of guanidine groups is 1. The van der Waals surface area contributed by atoms with E-state index in [1.165, 1.54) is 0 Å². The molecule has 1 atom stereocenters. The van der Waals surface area contributed by atoms with Gasteiger partial charge in [0.2, 0.25) is 0 Å². The second kappa shape index (κ2) is 6.47. The number of rotatable bonds is 3. The highest BCUT2D eigenvalue weighted by molar-refractivity contribution is 5.92. The summed E-state index contributed by atoms with van der Waals surface area (Å²) in [6.07, 6.45) is 3.20. The Morgan fingerprint density at radius 3 is 3.00 bits per heavy atom. The molecule has 4 nitrogen and oxygen atoms in total. The zero-order valence-electron chi connectivity index (χ0n) is 10.5. The van der Waals surface area contributed by atoms with E-state index in [2.05, 4.69) is 10.3 Å². The average molecular weight is 269 g/mol. The maximum absolute atomic E-state index is 13.4. The first kappa shape index (κ1) is 13.7. The van der Waals surface area contributed by atoms with Crippen LogP contribution >= 0.6 is 0 Å². The van der Waals surface area contributed by atoms with Gasteiger partial charge in [0.1, 0.15) is 11.6 Å². The van der Waals surface area contributed by atoms with Crippen molar-refractivity contribution in [2.45, 2.75) is 25.4 Å². The van der Waals surface area contributed by atoms with Gasteiger partial charge in [0.15, 0.2) is 5.96 Å². The zero-order chi connectivity index (χ0) is 13.7. The maximum Gasteiger partial charge on any atom is 0.193 e. The Bertz CT molecular complexity index is 459. The number of halogens is 2. The van der Waals surface area contributed by atoms with Gasteiger partial charge in [-0.2, -0.15) is 0 Å². The van der Waals surface area contributed by atoms with Crippen LogP contribution in [0.4, 0.5) is 14.5 Å². The van der Waals surface area contributed by atoms with Crippen LogP contribution in [0.2, 0.25) is 0 Å². The number of nitrogens with zero attached hydrogens (tertiary/aromatic N) is 1. The second-order valence-electron chi connectivity index (χ2n) is 4.46. The zero-order valence-corrected chi connectivity index (χ0v) is 10.5. The van der Waals surface area contributed by atoms with E-state index >= 15 is 0 Å². The van der Waals surface area contributed by atoms with Crippen LogP contribution in [0.5, 0.6) is 0 Å². The Labute approximate surface area is 110 Å². The van der Waals surface area contributed by atoms with Gasteiger partial charge < -0.3 is 15.8 Å². The number of hydrogen-bond donors (Lipinski definition) is 2. The summed E-state index contributed by atoms with van der Waals surface area (Å²) >= 11 is 0. The molecule has 0 aliphatic carbocycles. The molecule has 0 aromatic heterocycles. The monoisotopic (exact) mass is 269 g/mol. The van der Waals surface area contributed by atoms with Crippen LogP contribution in [0.25, 0.3) is 0 Å². The van der Waals surface area contributed by atoms with E-state index < -0.39 is 11.6 Å². The molecule has 0 amide bonds.